The molecule has 0 spiro atoms. The van der Waals surface area contributed by atoms with Gasteiger partial charge in [0.15, 0.2) is 0 Å². The van der Waals surface area contributed by atoms with Gasteiger partial charge in [0, 0.05) is 5.56 Å². The van der Waals surface area contributed by atoms with Crippen molar-refractivity contribution in [1.29, 1.82) is 0 Å². The molecule has 0 aliphatic heterocycles. The Morgan fingerprint density at radius 1 is 1.19 bits per heavy atom. The highest BCUT2D eigenvalue weighted by Crippen LogP contribution is 2.17. The van der Waals surface area contributed by atoms with E-state index in [2.05, 4.69) is 9.40 Å². The van der Waals surface area contributed by atoms with Crippen molar-refractivity contribution in [2.45, 2.75) is 4.90 Å². The van der Waals surface area contributed by atoms with Crippen molar-refractivity contribution >= 4 is 10.0 Å². The Balaban J connectivity index is 2.44. The van der Waals surface area contributed by atoms with E-state index in [1.165, 1.54) is 30.5 Å². The van der Waals surface area contributed by atoms with Gasteiger partial charge in [0.2, 0.25) is 10.0 Å². The van der Waals surface area contributed by atoms with Crippen molar-refractivity contribution in [2.24, 2.45) is 5.14 Å². The van der Waals surface area contributed by atoms with Gasteiger partial charge in [0.05, 0.1) is 10.6 Å². The minimum atomic E-state index is -3.69. The van der Waals surface area contributed by atoms with Crippen LogP contribution in [0.15, 0.2) is 44.6 Å². The minimum absolute atomic E-state index is 0.0158. The summed E-state index contributed by atoms with van der Waals surface area (Å²) in [5.74, 6) is -0.564. The molecule has 0 saturated heterocycles. The highest BCUT2D eigenvalue weighted by Gasteiger charge is 2.08. The predicted octanol–water partition coefficient (Wildman–Crippen LogP) is 0.282. The molecule has 0 saturated carbocycles. The van der Waals surface area contributed by atoms with Crippen LogP contribution >= 0.6 is 0 Å². The molecule has 0 aliphatic rings. The van der Waals surface area contributed by atoms with E-state index >= 15 is 0 Å². The van der Waals surface area contributed by atoms with Gasteiger partial charge >= 0.3 is 5.76 Å². The minimum Gasteiger partial charge on any atom is -0.416 e. The predicted molar refractivity (Wildman–Crippen MR) is 56.1 cm³/mol. The Morgan fingerprint density at radius 2 is 1.81 bits per heavy atom. The zero-order valence-corrected chi connectivity index (χ0v) is 8.82. The molecule has 7 heteroatoms. The lowest BCUT2D eigenvalue weighted by Crippen LogP contribution is -2.11. The molecule has 1 aromatic carbocycles. The maximum absolute atomic E-state index is 11.0. The maximum atomic E-state index is 11.0. The van der Waals surface area contributed by atoms with Crippen molar-refractivity contribution in [2.75, 3.05) is 0 Å². The third-order valence-electron chi connectivity index (χ3n) is 2.01. The van der Waals surface area contributed by atoms with Crippen molar-refractivity contribution in [1.82, 2.24) is 4.98 Å². The van der Waals surface area contributed by atoms with Crippen LogP contribution in [0, 0.1) is 0 Å². The van der Waals surface area contributed by atoms with Crippen LogP contribution in [0.5, 0.6) is 0 Å². The fourth-order valence-corrected chi connectivity index (χ4v) is 1.76. The molecule has 6 nitrogen and oxygen atoms in total. The third-order valence-corrected chi connectivity index (χ3v) is 2.94. The van der Waals surface area contributed by atoms with Gasteiger partial charge in [-0.05, 0) is 12.1 Å². The number of oxazole rings is 1. The molecule has 0 bridgehead atoms. The summed E-state index contributed by atoms with van der Waals surface area (Å²) in [6.07, 6.45) is 1.26. The van der Waals surface area contributed by atoms with Crippen LogP contribution < -0.4 is 10.9 Å². The summed E-state index contributed by atoms with van der Waals surface area (Å²) in [4.78, 5) is 13.2. The Bertz CT molecular complexity index is 651. The molecule has 0 fully saturated rings. The van der Waals surface area contributed by atoms with E-state index in [-0.39, 0.29) is 4.90 Å². The standard InChI is InChI=1S/C9H8N2O4S/c10-16(13,14)7-3-1-6(2-4-7)8-5-15-9(12)11-8/h1-5H,(H,11,12)(H2,10,13,14). The van der Waals surface area contributed by atoms with Gasteiger partial charge in [-0.1, -0.05) is 12.1 Å². The van der Waals surface area contributed by atoms with Gasteiger partial charge in [0.1, 0.15) is 6.26 Å². The second-order valence-electron chi connectivity index (χ2n) is 3.13. The number of benzene rings is 1. The summed E-state index contributed by atoms with van der Waals surface area (Å²) in [6, 6.07) is 5.77. The number of hydrogen-bond acceptors (Lipinski definition) is 4. The molecule has 0 atom stereocenters. The molecule has 0 radical (unpaired) electrons. The largest absolute Gasteiger partial charge is 0.416 e. The number of rotatable bonds is 2. The number of sulfonamides is 1. The average molecular weight is 240 g/mol. The third kappa shape index (κ3) is 2.05. The number of nitrogens with two attached hydrogens (primary N) is 1. The molecule has 2 aromatic rings. The summed E-state index contributed by atoms with van der Waals surface area (Å²) in [6.45, 7) is 0. The van der Waals surface area contributed by atoms with E-state index in [1.807, 2.05) is 0 Å². The second-order valence-corrected chi connectivity index (χ2v) is 4.69. The molecule has 0 unspecified atom stereocenters. The molecule has 0 aliphatic carbocycles. The molecule has 3 N–H and O–H groups in total. The molecular weight excluding hydrogens is 232 g/mol. The molecule has 16 heavy (non-hydrogen) atoms. The lowest BCUT2D eigenvalue weighted by Gasteiger charge is -1.99. The molecule has 84 valence electrons. The van der Waals surface area contributed by atoms with Crippen LogP contribution in [0.1, 0.15) is 0 Å². The number of aromatic nitrogens is 1. The highest BCUT2D eigenvalue weighted by atomic mass is 32.2. The van der Waals surface area contributed by atoms with Crippen molar-refractivity contribution in [3.05, 3.63) is 41.1 Å². The lowest BCUT2D eigenvalue weighted by molar-refractivity contribution is 0.515. The van der Waals surface area contributed by atoms with Gasteiger partial charge in [-0.3, -0.25) is 4.98 Å². The Morgan fingerprint density at radius 3 is 2.25 bits per heavy atom. The molecule has 0 amide bonds. The fraction of sp³-hybridized carbons (Fsp3) is 0. The number of hydrogen-bond donors (Lipinski definition) is 2. The van der Waals surface area contributed by atoms with E-state index in [1.54, 1.807) is 0 Å². The van der Waals surface area contributed by atoms with Crippen molar-refractivity contribution < 1.29 is 12.8 Å². The second kappa shape index (κ2) is 3.62. The first kappa shape index (κ1) is 10.7. The Kier molecular flexibility index (Phi) is 2.41. The van der Waals surface area contributed by atoms with E-state index < -0.39 is 15.8 Å². The first-order valence-electron chi connectivity index (χ1n) is 4.28. The van der Waals surface area contributed by atoms with Crippen LogP contribution in [-0.2, 0) is 10.0 Å². The SMILES string of the molecule is NS(=O)(=O)c1ccc(-c2coc(=O)[nH]2)cc1. The van der Waals surface area contributed by atoms with Gasteiger partial charge in [-0.15, -0.1) is 0 Å². The van der Waals surface area contributed by atoms with Crippen LogP contribution in [0.3, 0.4) is 0 Å². The number of primary sulfonamides is 1. The first-order chi connectivity index (χ1) is 7.47. The topological polar surface area (TPSA) is 106 Å². The van der Waals surface area contributed by atoms with E-state index in [4.69, 9.17) is 5.14 Å². The van der Waals surface area contributed by atoms with Gasteiger partial charge in [0.25, 0.3) is 0 Å². The van der Waals surface area contributed by atoms with Crippen molar-refractivity contribution in [3.8, 4) is 11.3 Å². The molecule has 2 rings (SSSR count). The lowest BCUT2D eigenvalue weighted by atomic mass is 10.2. The van der Waals surface area contributed by atoms with Crippen LogP contribution in [-0.4, -0.2) is 13.4 Å². The number of nitrogens with one attached hydrogen (secondary N) is 1. The normalized spacial score (nSPS) is 11.6. The molecule has 1 aromatic heterocycles. The molecular formula is C9H8N2O4S. The summed E-state index contributed by atoms with van der Waals surface area (Å²) in [5, 5.41) is 4.95. The van der Waals surface area contributed by atoms with Crippen molar-refractivity contribution in [3.63, 3.8) is 0 Å². The van der Waals surface area contributed by atoms with Crippen LogP contribution in [0.4, 0.5) is 0 Å². The number of aromatic amines is 1. The maximum Gasteiger partial charge on any atom is 0.416 e. The average Bonchev–Trinajstić information content (AvgIpc) is 2.64. The van der Waals surface area contributed by atoms with Gasteiger partial charge in [-0.2, -0.15) is 0 Å². The molecule has 1 heterocycles. The Hall–Kier alpha value is -1.86. The monoisotopic (exact) mass is 240 g/mol. The van der Waals surface area contributed by atoms with Crippen LogP contribution in [0.25, 0.3) is 11.3 Å². The Labute approximate surface area is 90.8 Å². The summed E-state index contributed by atoms with van der Waals surface area (Å²) in [5.41, 5.74) is 1.12. The number of H-pyrrole nitrogens is 1. The van der Waals surface area contributed by atoms with E-state index in [0.717, 1.165) is 0 Å². The van der Waals surface area contributed by atoms with E-state index in [9.17, 15) is 13.2 Å². The summed E-state index contributed by atoms with van der Waals surface area (Å²) in [7, 11) is -3.69. The highest BCUT2D eigenvalue weighted by molar-refractivity contribution is 7.89. The van der Waals surface area contributed by atoms with Crippen LogP contribution in [0.2, 0.25) is 0 Å². The smallest absolute Gasteiger partial charge is 0.416 e. The summed E-state index contributed by atoms with van der Waals surface area (Å²) >= 11 is 0. The van der Waals surface area contributed by atoms with Gasteiger partial charge < -0.3 is 4.42 Å². The zero-order chi connectivity index (χ0) is 11.8. The quantitative estimate of drug-likeness (QED) is 0.786. The fourth-order valence-electron chi connectivity index (χ4n) is 1.25. The summed E-state index contributed by atoms with van der Waals surface area (Å²) < 4.78 is 26.5. The van der Waals surface area contributed by atoms with E-state index in [0.29, 0.717) is 11.3 Å². The zero-order valence-electron chi connectivity index (χ0n) is 8.01. The first-order valence-corrected chi connectivity index (χ1v) is 5.82. The van der Waals surface area contributed by atoms with Gasteiger partial charge in [-0.25, -0.2) is 18.4 Å².